The first kappa shape index (κ1) is 27.4. The Bertz CT molecular complexity index is 1050. The van der Waals surface area contributed by atoms with Gasteiger partial charge in [0.25, 0.3) is 0 Å². The van der Waals surface area contributed by atoms with Crippen LogP contribution in [0.5, 0.6) is 0 Å². The summed E-state index contributed by atoms with van der Waals surface area (Å²) in [4.78, 5) is 15.6. The van der Waals surface area contributed by atoms with Crippen LogP contribution in [0.4, 0.5) is 13.2 Å². The molecule has 0 aromatic heterocycles. The molecule has 1 aliphatic heterocycles. The molecule has 2 saturated carbocycles. The largest absolute Gasteiger partial charge is 0.416 e. The van der Waals surface area contributed by atoms with E-state index in [9.17, 15) is 26.4 Å². The van der Waals surface area contributed by atoms with E-state index in [1.54, 1.807) is 0 Å². The number of hydrogen-bond acceptors (Lipinski definition) is 4. The SMILES string of the molecule is CN[C@@H](CC(C)(C)C)C(=O)N(CC1CC1)[C@H]1CC[C@@H]2CN(S(=O)(=O)c3ccc(C(F)(F)F)cc3)C[C@@H]21. The van der Waals surface area contributed by atoms with Crippen LogP contribution in [-0.2, 0) is 21.0 Å². The smallest absolute Gasteiger partial charge is 0.338 e. The molecule has 2 aliphatic carbocycles. The lowest BCUT2D eigenvalue weighted by Crippen LogP contribution is -2.53. The van der Waals surface area contributed by atoms with Crippen LogP contribution in [0.3, 0.4) is 0 Å². The number of fused-ring (bicyclic) bond motifs is 1. The highest BCUT2D eigenvalue weighted by molar-refractivity contribution is 7.89. The molecule has 1 heterocycles. The molecule has 202 valence electrons. The predicted molar refractivity (Wildman–Crippen MR) is 132 cm³/mol. The molecule has 4 rings (SSSR count). The number of rotatable bonds is 8. The number of sulfonamides is 1. The molecule has 1 aromatic carbocycles. The molecule has 10 heteroatoms. The van der Waals surface area contributed by atoms with E-state index in [1.165, 1.54) is 4.31 Å². The van der Waals surface area contributed by atoms with E-state index >= 15 is 0 Å². The summed E-state index contributed by atoms with van der Waals surface area (Å²) in [5, 5.41) is 3.21. The van der Waals surface area contributed by atoms with Gasteiger partial charge in [0, 0.05) is 25.7 Å². The number of nitrogens with zero attached hydrogens (tertiary/aromatic N) is 2. The highest BCUT2D eigenvalue weighted by Crippen LogP contribution is 2.44. The van der Waals surface area contributed by atoms with E-state index in [1.807, 2.05) is 11.9 Å². The Kier molecular flexibility index (Phi) is 7.54. The number of nitrogens with one attached hydrogen (secondary N) is 1. The molecular formula is C26H38F3N3O3S. The third-order valence-corrected chi connectivity index (χ3v) is 9.75. The van der Waals surface area contributed by atoms with E-state index in [4.69, 9.17) is 0 Å². The number of alkyl halides is 3. The van der Waals surface area contributed by atoms with Gasteiger partial charge >= 0.3 is 6.18 Å². The normalized spacial score (nSPS) is 26.1. The van der Waals surface area contributed by atoms with E-state index < -0.39 is 21.8 Å². The Morgan fingerprint density at radius 1 is 1.08 bits per heavy atom. The molecule has 4 atom stereocenters. The second kappa shape index (κ2) is 9.91. The van der Waals surface area contributed by atoms with E-state index in [2.05, 4.69) is 26.1 Å². The van der Waals surface area contributed by atoms with E-state index in [0.29, 0.717) is 25.4 Å². The third kappa shape index (κ3) is 5.91. The van der Waals surface area contributed by atoms with Crippen LogP contribution < -0.4 is 5.32 Å². The summed E-state index contributed by atoms with van der Waals surface area (Å²) in [6, 6.07) is 3.39. The zero-order valence-corrected chi connectivity index (χ0v) is 22.3. The minimum absolute atomic E-state index is 0.0211. The molecule has 3 aliphatic rings. The van der Waals surface area contributed by atoms with Gasteiger partial charge in [0.05, 0.1) is 16.5 Å². The summed E-state index contributed by atoms with van der Waals surface area (Å²) in [5.74, 6) is 0.774. The second-order valence-electron chi connectivity index (χ2n) is 12.0. The number of halogens is 3. The van der Waals surface area contributed by atoms with Crippen LogP contribution in [0.25, 0.3) is 0 Å². The fourth-order valence-corrected chi connectivity index (χ4v) is 7.37. The number of benzene rings is 1. The lowest BCUT2D eigenvalue weighted by atomic mass is 9.87. The van der Waals surface area contributed by atoms with Gasteiger partial charge in [-0.1, -0.05) is 20.8 Å². The van der Waals surface area contributed by atoms with Gasteiger partial charge in [-0.3, -0.25) is 4.79 Å². The van der Waals surface area contributed by atoms with Crippen molar-refractivity contribution < 1.29 is 26.4 Å². The van der Waals surface area contributed by atoms with Crippen LogP contribution in [0.15, 0.2) is 29.2 Å². The van der Waals surface area contributed by atoms with Crippen molar-refractivity contribution in [2.75, 3.05) is 26.7 Å². The quantitative estimate of drug-likeness (QED) is 0.543. The van der Waals surface area contributed by atoms with Crippen molar-refractivity contribution in [3.05, 3.63) is 29.8 Å². The van der Waals surface area contributed by atoms with Crippen LogP contribution in [-0.4, -0.2) is 62.3 Å². The van der Waals surface area contributed by atoms with Gasteiger partial charge < -0.3 is 10.2 Å². The van der Waals surface area contributed by atoms with Crippen molar-refractivity contribution in [3.8, 4) is 0 Å². The minimum Gasteiger partial charge on any atom is -0.338 e. The van der Waals surface area contributed by atoms with Gasteiger partial charge in [-0.05, 0) is 86.6 Å². The molecule has 0 bridgehead atoms. The molecule has 3 fully saturated rings. The Morgan fingerprint density at radius 2 is 1.72 bits per heavy atom. The molecule has 1 amide bonds. The summed E-state index contributed by atoms with van der Waals surface area (Å²) < 4.78 is 66.8. The molecule has 1 saturated heterocycles. The minimum atomic E-state index is -4.52. The van der Waals surface area contributed by atoms with Crippen LogP contribution in [0.2, 0.25) is 0 Å². The second-order valence-corrected chi connectivity index (χ2v) is 13.9. The maximum absolute atomic E-state index is 13.7. The zero-order valence-electron chi connectivity index (χ0n) is 21.5. The lowest BCUT2D eigenvalue weighted by Gasteiger charge is -2.37. The van der Waals surface area contributed by atoms with Crippen molar-refractivity contribution in [1.82, 2.24) is 14.5 Å². The molecular weight excluding hydrogens is 491 g/mol. The highest BCUT2D eigenvalue weighted by Gasteiger charge is 2.50. The Hall–Kier alpha value is -1.65. The predicted octanol–water partition coefficient (Wildman–Crippen LogP) is 4.37. The van der Waals surface area contributed by atoms with E-state index in [0.717, 1.165) is 49.9 Å². The Balaban J connectivity index is 1.52. The van der Waals surface area contributed by atoms with Gasteiger partial charge in [0.15, 0.2) is 0 Å². The van der Waals surface area contributed by atoms with Gasteiger partial charge in [-0.2, -0.15) is 17.5 Å². The van der Waals surface area contributed by atoms with Crippen molar-refractivity contribution in [2.24, 2.45) is 23.2 Å². The fraction of sp³-hybridized carbons (Fsp3) is 0.731. The first-order valence-corrected chi connectivity index (χ1v) is 14.3. The number of carbonyl (C=O) groups is 1. The van der Waals surface area contributed by atoms with Crippen LogP contribution in [0.1, 0.15) is 58.4 Å². The van der Waals surface area contributed by atoms with E-state index in [-0.39, 0.29) is 46.7 Å². The highest BCUT2D eigenvalue weighted by atomic mass is 32.2. The van der Waals surface area contributed by atoms with Crippen molar-refractivity contribution in [2.45, 2.75) is 76.0 Å². The molecule has 36 heavy (non-hydrogen) atoms. The number of likely N-dealkylation sites (N-methyl/N-ethyl adjacent to an activating group) is 1. The van der Waals surface area contributed by atoms with Gasteiger partial charge in [-0.25, -0.2) is 8.42 Å². The molecule has 0 unspecified atom stereocenters. The van der Waals surface area contributed by atoms with Crippen molar-refractivity contribution in [3.63, 3.8) is 0 Å². The zero-order chi connectivity index (χ0) is 26.5. The molecule has 0 radical (unpaired) electrons. The first-order chi connectivity index (χ1) is 16.7. The summed E-state index contributed by atoms with van der Waals surface area (Å²) in [5.41, 5.74) is -0.893. The summed E-state index contributed by atoms with van der Waals surface area (Å²) in [7, 11) is -2.10. The average molecular weight is 530 g/mol. The van der Waals surface area contributed by atoms with Crippen LogP contribution in [0, 0.1) is 23.2 Å². The summed E-state index contributed by atoms with van der Waals surface area (Å²) >= 11 is 0. The molecule has 1 aromatic rings. The topological polar surface area (TPSA) is 69.7 Å². The van der Waals surface area contributed by atoms with Crippen molar-refractivity contribution >= 4 is 15.9 Å². The van der Waals surface area contributed by atoms with Crippen molar-refractivity contribution in [1.29, 1.82) is 0 Å². The monoisotopic (exact) mass is 529 g/mol. The maximum Gasteiger partial charge on any atom is 0.416 e. The molecule has 0 spiro atoms. The van der Waals surface area contributed by atoms with Gasteiger partial charge in [-0.15, -0.1) is 0 Å². The Morgan fingerprint density at radius 3 is 2.25 bits per heavy atom. The van der Waals surface area contributed by atoms with Gasteiger partial charge in [0.2, 0.25) is 15.9 Å². The lowest BCUT2D eigenvalue weighted by molar-refractivity contribution is -0.138. The van der Waals surface area contributed by atoms with Gasteiger partial charge in [0.1, 0.15) is 0 Å². The number of hydrogen-bond donors (Lipinski definition) is 1. The number of amides is 1. The standard InChI is InChI=1S/C26H38F3N3O3S/c1-25(2,3)13-22(30-4)24(33)32(14-17-5-6-17)23-12-7-18-15-31(16-21(18)23)36(34,35)20-10-8-19(9-11-20)26(27,28)29/h8-11,17-18,21-23,30H,5-7,12-16H2,1-4H3/t18-,21+,22+,23+/m1/s1. The third-order valence-electron chi connectivity index (χ3n) is 7.90. The number of carbonyl (C=O) groups excluding carboxylic acids is 1. The first-order valence-electron chi connectivity index (χ1n) is 12.9. The Labute approximate surface area is 212 Å². The maximum atomic E-state index is 13.7. The summed E-state index contributed by atoms with van der Waals surface area (Å²) in [6.45, 7) is 7.68. The molecule has 1 N–H and O–H groups in total. The average Bonchev–Trinajstić information content (AvgIpc) is 3.37. The molecule has 6 nitrogen and oxygen atoms in total. The summed E-state index contributed by atoms with van der Waals surface area (Å²) in [6.07, 6.45) is 0.111. The fourth-order valence-electron chi connectivity index (χ4n) is 5.84. The van der Waals surface area contributed by atoms with Crippen LogP contribution >= 0.6 is 0 Å².